The van der Waals surface area contributed by atoms with Crippen LogP contribution in [0.15, 0.2) is 36.4 Å². The number of rotatable bonds is 5. The van der Waals surface area contributed by atoms with Gasteiger partial charge >= 0.3 is 0 Å². The van der Waals surface area contributed by atoms with Gasteiger partial charge in [0.1, 0.15) is 29.7 Å². The van der Waals surface area contributed by atoms with Crippen molar-refractivity contribution < 1.29 is 18.3 Å². The van der Waals surface area contributed by atoms with Crippen molar-refractivity contribution in [2.24, 2.45) is 0 Å². The average molecular weight is 299 g/mol. The molecule has 0 saturated heterocycles. The molecule has 0 saturated carbocycles. The van der Waals surface area contributed by atoms with E-state index >= 15 is 0 Å². The molecule has 0 atom stereocenters. The van der Waals surface area contributed by atoms with Crippen molar-refractivity contribution in [3.05, 3.63) is 59.2 Å². The Morgan fingerprint density at radius 3 is 2.35 bits per heavy atom. The first kappa shape index (κ1) is 14.6. The Hall–Kier alpha value is -1.81. The van der Waals surface area contributed by atoms with E-state index in [1.54, 1.807) is 25.3 Å². The molecule has 0 aliphatic carbocycles. The summed E-state index contributed by atoms with van der Waals surface area (Å²) in [5.74, 6) is 0.165. The van der Waals surface area contributed by atoms with E-state index in [0.717, 1.165) is 11.6 Å². The van der Waals surface area contributed by atoms with Gasteiger partial charge in [0.25, 0.3) is 0 Å². The van der Waals surface area contributed by atoms with Gasteiger partial charge in [-0.2, -0.15) is 0 Å². The first-order valence-corrected chi connectivity index (χ1v) is 6.46. The Bertz CT molecular complexity index is 582. The standard InChI is InChI=1S/C15H13ClF2O2/c1-19-14-3-2-11(8-16)15(7-14)20-9-10-4-12(17)6-13(18)5-10/h2-7H,8-9H2,1H3. The Kier molecular flexibility index (Phi) is 4.79. The predicted molar refractivity (Wildman–Crippen MR) is 73.2 cm³/mol. The summed E-state index contributed by atoms with van der Waals surface area (Å²) in [5.41, 5.74) is 1.19. The number of benzene rings is 2. The lowest BCUT2D eigenvalue weighted by molar-refractivity contribution is 0.300. The maximum absolute atomic E-state index is 13.1. The zero-order chi connectivity index (χ0) is 14.5. The molecule has 0 unspecified atom stereocenters. The van der Waals surface area contributed by atoms with Gasteiger partial charge in [-0.3, -0.25) is 0 Å². The average Bonchev–Trinajstić information content (AvgIpc) is 2.43. The Balaban J connectivity index is 2.17. The van der Waals surface area contributed by atoms with Crippen LogP contribution in [0.1, 0.15) is 11.1 Å². The van der Waals surface area contributed by atoms with Crippen molar-refractivity contribution in [2.75, 3.05) is 7.11 Å². The van der Waals surface area contributed by atoms with Crippen molar-refractivity contribution in [1.29, 1.82) is 0 Å². The summed E-state index contributed by atoms with van der Waals surface area (Å²) in [6.07, 6.45) is 0. The fourth-order valence-corrected chi connectivity index (χ4v) is 1.98. The Morgan fingerprint density at radius 2 is 1.75 bits per heavy atom. The molecule has 20 heavy (non-hydrogen) atoms. The topological polar surface area (TPSA) is 18.5 Å². The summed E-state index contributed by atoms with van der Waals surface area (Å²) in [7, 11) is 1.54. The zero-order valence-electron chi connectivity index (χ0n) is 10.8. The van der Waals surface area contributed by atoms with Crippen LogP contribution in [0.5, 0.6) is 11.5 Å². The molecule has 2 aromatic rings. The van der Waals surface area contributed by atoms with Gasteiger partial charge in [-0.05, 0) is 23.8 Å². The highest BCUT2D eigenvalue weighted by Crippen LogP contribution is 2.27. The molecular weight excluding hydrogens is 286 g/mol. The van der Waals surface area contributed by atoms with Crippen LogP contribution < -0.4 is 9.47 Å². The molecule has 0 bridgehead atoms. The number of alkyl halides is 1. The fraction of sp³-hybridized carbons (Fsp3) is 0.200. The van der Waals surface area contributed by atoms with Crippen LogP contribution in [0, 0.1) is 11.6 Å². The number of halogens is 3. The van der Waals surface area contributed by atoms with E-state index in [1.807, 2.05) is 0 Å². The first-order chi connectivity index (χ1) is 9.62. The van der Waals surface area contributed by atoms with Crippen LogP contribution in [0.2, 0.25) is 0 Å². The first-order valence-electron chi connectivity index (χ1n) is 5.93. The molecule has 0 radical (unpaired) electrons. The number of ether oxygens (including phenoxy) is 2. The highest BCUT2D eigenvalue weighted by molar-refractivity contribution is 6.17. The summed E-state index contributed by atoms with van der Waals surface area (Å²) in [4.78, 5) is 0. The number of hydrogen-bond acceptors (Lipinski definition) is 2. The van der Waals surface area contributed by atoms with Gasteiger partial charge in [-0.25, -0.2) is 8.78 Å². The van der Waals surface area contributed by atoms with Gasteiger partial charge in [0, 0.05) is 17.7 Å². The van der Waals surface area contributed by atoms with Gasteiger partial charge in [-0.1, -0.05) is 6.07 Å². The molecule has 0 aliphatic heterocycles. The molecule has 2 rings (SSSR count). The predicted octanol–water partition coefficient (Wildman–Crippen LogP) is 4.29. The minimum atomic E-state index is -0.633. The van der Waals surface area contributed by atoms with Crippen LogP contribution in [-0.4, -0.2) is 7.11 Å². The third-order valence-electron chi connectivity index (χ3n) is 2.73. The lowest BCUT2D eigenvalue weighted by atomic mass is 10.2. The van der Waals surface area contributed by atoms with Crippen LogP contribution >= 0.6 is 11.6 Å². The van der Waals surface area contributed by atoms with Crippen LogP contribution in [-0.2, 0) is 12.5 Å². The van der Waals surface area contributed by atoms with Crippen LogP contribution in [0.25, 0.3) is 0 Å². The normalized spacial score (nSPS) is 10.4. The molecule has 0 heterocycles. The van der Waals surface area contributed by atoms with E-state index in [2.05, 4.69) is 0 Å². The van der Waals surface area contributed by atoms with E-state index in [0.29, 0.717) is 17.1 Å². The molecule has 2 nitrogen and oxygen atoms in total. The molecule has 0 N–H and O–H groups in total. The van der Waals surface area contributed by atoms with E-state index in [-0.39, 0.29) is 12.5 Å². The molecule has 0 amide bonds. The SMILES string of the molecule is COc1ccc(CCl)c(OCc2cc(F)cc(F)c2)c1. The third kappa shape index (κ3) is 3.61. The van der Waals surface area contributed by atoms with E-state index in [4.69, 9.17) is 21.1 Å². The maximum Gasteiger partial charge on any atom is 0.127 e. The second kappa shape index (κ2) is 6.57. The van der Waals surface area contributed by atoms with E-state index < -0.39 is 11.6 Å². The molecule has 106 valence electrons. The second-order valence-electron chi connectivity index (χ2n) is 4.17. The monoisotopic (exact) mass is 298 g/mol. The van der Waals surface area contributed by atoms with E-state index in [1.165, 1.54) is 12.1 Å². The lowest BCUT2D eigenvalue weighted by Crippen LogP contribution is -2.00. The molecule has 0 fully saturated rings. The van der Waals surface area contributed by atoms with Crippen molar-refractivity contribution >= 4 is 11.6 Å². The van der Waals surface area contributed by atoms with Crippen molar-refractivity contribution in [3.63, 3.8) is 0 Å². The molecule has 0 aromatic heterocycles. The van der Waals surface area contributed by atoms with Gasteiger partial charge in [0.05, 0.1) is 13.0 Å². The maximum atomic E-state index is 13.1. The summed E-state index contributed by atoms with van der Waals surface area (Å²) in [6.45, 7) is 0.0474. The molecule has 0 aliphatic rings. The molecule has 2 aromatic carbocycles. The van der Waals surface area contributed by atoms with Gasteiger partial charge in [0.15, 0.2) is 0 Å². The van der Waals surface area contributed by atoms with Crippen molar-refractivity contribution in [1.82, 2.24) is 0 Å². The smallest absolute Gasteiger partial charge is 0.127 e. The summed E-state index contributed by atoms with van der Waals surface area (Å²) >= 11 is 5.82. The third-order valence-corrected chi connectivity index (χ3v) is 3.02. The second-order valence-corrected chi connectivity index (χ2v) is 4.44. The highest BCUT2D eigenvalue weighted by atomic mass is 35.5. The van der Waals surface area contributed by atoms with Crippen LogP contribution in [0.3, 0.4) is 0 Å². The van der Waals surface area contributed by atoms with Crippen LogP contribution in [0.4, 0.5) is 8.78 Å². The van der Waals surface area contributed by atoms with Crippen molar-refractivity contribution in [2.45, 2.75) is 12.5 Å². The zero-order valence-corrected chi connectivity index (χ0v) is 11.6. The highest BCUT2D eigenvalue weighted by Gasteiger charge is 2.07. The Morgan fingerprint density at radius 1 is 1.05 bits per heavy atom. The fourth-order valence-electron chi connectivity index (χ4n) is 1.76. The molecular formula is C15H13ClF2O2. The Labute approximate surface area is 120 Å². The number of hydrogen-bond donors (Lipinski definition) is 0. The van der Waals surface area contributed by atoms with Gasteiger partial charge in [-0.15, -0.1) is 11.6 Å². The lowest BCUT2D eigenvalue weighted by Gasteiger charge is -2.12. The van der Waals surface area contributed by atoms with Gasteiger partial charge in [0.2, 0.25) is 0 Å². The largest absolute Gasteiger partial charge is 0.497 e. The molecule has 0 spiro atoms. The molecule has 5 heteroatoms. The van der Waals surface area contributed by atoms with Gasteiger partial charge < -0.3 is 9.47 Å². The summed E-state index contributed by atoms with van der Waals surface area (Å²) in [6, 6.07) is 8.51. The number of methoxy groups -OCH3 is 1. The summed E-state index contributed by atoms with van der Waals surface area (Å²) in [5, 5.41) is 0. The quantitative estimate of drug-likeness (QED) is 0.767. The summed E-state index contributed by atoms with van der Waals surface area (Å²) < 4.78 is 36.8. The van der Waals surface area contributed by atoms with Crippen molar-refractivity contribution in [3.8, 4) is 11.5 Å². The van der Waals surface area contributed by atoms with E-state index in [9.17, 15) is 8.78 Å². The minimum Gasteiger partial charge on any atom is -0.497 e. The minimum absolute atomic E-state index is 0.0474.